The van der Waals surface area contributed by atoms with E-state index in [-0.39, 0.29) is 11.8 Å². The molecule has 0 amide bonds. The molecule has 4 atom stereocenters. The van der Waals surface area contributed by atoms with Crippen molar-refractivity contribution >= 4 is 0 Å². The maximum Gasteiger partial charge on any atom is 0.0991 e. The lowest BCUT2D eigenvalue weighted by atomic mass is 9.64. The second-order valence-corrected chi connectivity index (χ2v) is 6.21. The first kappa shape index (κ1) is 10.2. The molecule has 1 aromatic carbocycles. The fourth-order valence-corrected chi connectivity index (χ4v) is 3.70. The maximum absolute atomic E-state index is 8.96. The van der Waals surface area contributed by atoms with E-state index in [0.717, 1.165) is 19.3 Å². The van der Waals surface area contributed by atoms with Crippen molar-refractivity contribution in [1.82, 2.24) is 0 Å². The van der Waals surface area contributed by atoms with Crippen LogP contribution in [0.15, 0.2) is 36.4 Å². The lowest BCUT2D eigenvalue weighted by Crippen LogP contribution is -2.30. The molecule has 0 aliphatic heterocycles. The first-order chi connectivity index (χ1) is 11.8. The normalized spacial score (nSPS) is 40.2. The van der Waals surface area contributed by atoms with Gasteiger partial charge in [-0.3, -0.25) is 0 Å². The minimum Gasteiger partial charge on any atom is -0.192 e. The largest absolute Gasteiger partial charge is 0.192 e. The molecule has 0 radical (unpaired) electrons. The number of hydrogen-bond acceptors (Lipinski definition) is 1. The van der Waals surface area contributed by atoms with Gasteiger partial charge in [-0.2, -0.15) is 5.26 Å². The van der Waals surface area contributed by atoms with Crippen molar-refractivity contribution in [2.75, 3.05) is 0 Å². The van der Waals surface area contributed by atoms with Gasteiger partial charge in [-0.1, -0.05) is 24.3 Å². The molecule has 1 aromatic rings. The highest BCUT2D eigenvalue weighted by Gasteiger charge is 2.35. The van der Waals surface area contributed by atoms with Crippen LogP contribution in [0, 0.1) is 29.1 Å². The minimum absolute atomic E-state index is 0.0922. The monoisotopic (exact) mass is 283 g/mol. The molecule has 0 N–H and O–H groups in total. The van der Waals surface area contributed by atoms with E-state index in [4.69, 9.17) is 10.7 Å². The SMILES string of the molecule is [2H]C1([2H])CC2CC(C=CC)CCC2C([2H])([2H])C1c1ccc(C#N)cc1. The molecular formula is C20H25N. The van der Waals surface area contributed by atoms with Crippen molar-refractivity contribution in [3.8, 4) is 6.07 Å². The summed E-state index contributed by atoms with van der Waals surface area (Å²) in [5.74, 6) is -0.343. The van der Waals surface area contributed by atoms with Crippen LogP contribution in [0.4, 0.5) is 0 Å². The average Bonchev–Trinajstić information content (AvgIpc) is 2.54. The molecule has 1 nitrogen and oxygen atoms in total. The second kappa shape index (κ2) is 6.48. The molecule has 2 aliphatic rings. The van der Waals surface area contributed by atoms with E-state index in [1.54, 1.807) is 24.3 Å². The number of hydrogen-bond donors (Lipinski definition) is 0. The van der Waals surface area contributed by atoms with Gasteiger partial charge < -0.3 is 0 Å². The molecule has 0 aromatic heterocycles. The molecule has 0 heterocycles. The first-order valence-corrected chi connectivity index (χ1v) is 7.92. The fraction of sp³-hybridized carbons (Fsp3) is 0.550. The number of allylic oxidation sites excluding steroid dienone is 2. The lowest BCUT2D eigenvalue weighted by Gasteiger charge is -2.41. The van der Waals surface area contributed by atoms with E-state index in [0.29, 0.717) is 23.5 Å². The Labute approximate surface area is 134 Å². The topological polar surface area (TPSA) is 23.8 Å². The van der Waals surface area contributed by atoms with Gasteiger partial charge in [-0.05, 0) is 86.7 Å². The van der Waals surface area contributed by atoms with Gasteiger partial charge in [0.25, 0.3) is 0 Å². The van der Waals surface area contributed by atoms with Crippen LogP contribution < -0.4 is 0 Å². The molecule has 0 saturated heterocycles. The Balaban J connectivity index is 1.94. The van der Waals surface area contributed by atoms with E-state index in [1.807, 2.05) is 6.92 Å². The summed E-state index contributed by atoms with van der Waals surface area (Å²) >= 11 is 0. The second-order valence-electron chi connectivity index (χ2n) is 6.21. The zero-order chi connectivity index (χ0) is 18.2. The summed E-state index contributed by atoms with van der Waals surface area (Å²) in [7, 11) is 0. The van der Waals surface area contributed by atoms with Crippen molar-refractivity contribution in [3.05, 3.63) is 47.5 Å². The summed E-state index contributed by atoms with van der Waals surface area (Å²) < 4.78 is 34.8. The molecule has 4 unspecified atom stereocenters. The van der Waals surface area contributed by atoms with E-state index in [2.05, 4.69) is 18.2 Å². The Hall–Kier alpha value is -1.55. The predicted octanol–water partition coefficient (Wildman–Crippen LogP) is 5.43. The van der Waals surface area contributed by atoms with Crippen molar-refractivity contribution < 1.29 is 5.48 Å². The number of nitrogens with zero attached hydrogens (tertiary/aromatic N) is 1. The van der Waals surface area contributed by atoms with E-state index >= 15 is 0 Å². The van der Waals surface area contributed by atoms with E-state index < -0.39 is 18.7 Å². The first-order valence-electron chi connectivity index (χ1n) is 9.92. The summed E-state index contributed by atoms with van der Waals surface area (Å²) in [6, 6.07) is 8.85. The molecule has 1 heteroatoms. The van der Waals surface area contributed by atoms with Crippen molar-refractivity contribution in [2.45, 2.75) is 51.3 Å². The lowest BCUT2D eigenvalue weighted by molar-refractivity contribution is 0.133. The van der Waals surface area contributed by atoms with Crippen molar-refractivity contribution in [2.24, 2.45) is 17.8 Å². The van der Waals surface area contributed by atoms with Crippen LogP contribution in [-0.4, -0.2) is 0 Å². The average molecular weight is 283 g/mol. The van der Waals surface area contributed by atoms with Crippen LogP contribution in [0.25, 0.3) is 0 Å². The van der Waals surface area contributed by atoms with Crippen LogP contribution in [-0.2, 0) is 0 Å². The Kier molecular flexibility index (Phi) is 3.15. The molecule has 2 aliphatic carbocycles. The summed E-state index contributed by atoms with van der Waals surface area (Å²) in [5, 5.41) is 8.96. The van der Waals surface area contributed by atoms with E-state index in [1.165, 1.54) is 0 Å². The minimum atomic E-state index is -1.59. The Morgan fingerprint density at radius 3 is 2.71 bits per heavy atom. The Bertz CT molecular complexity index is 687. The number of fused-ring (bicyclic) bond motifs is 1. The smallest absolute Gasteiger partial charge is 0.0991 e. The van der Waals surface area contributed by atoms with Crippen LogP contribution in [0.5, 0.6) is 0 Å². The zero-order valence-electron chi connectivity index (χ0n) is 16.5. The molecule has 3 rings (SSSR count). The molecule has 0 spiro atoms. The molecule has 110 valence electrons. The molecule has 21 heavy (non-hydrogen) atoms. The Morgan fingerprint density at radius 1 is 1.19 bits per heavy atom. The standard InChI is InChI=1S/C20H25N/c1-2-3-15-4-9-20-13-19(11-10-18(20)12-15)17-7-5-16(14-21)6-8-17/h2-3,5-8,15,18-20H,4,9-13H2,1H3/i11D2,13D2. The van der Waals surface area contributed by atoms with Crippen LogP contribution in [0.2, 0.25) is 0 Å². The van der Waals surface area contributed by atoms with Gasteiger partial charge in [0, 0.05) is 5.48 Å². The van der Waals surface area contributed by atoms with Crippen molar-refractivity contribution in [1.29, 1.82) is 5.26 Å². The van der Waals surface area contributed by atoms with Crippen LogP contribution >= 0.6 is 0 Å². The third kappa shape index (κ3) is 3.21. The van der Waals surface area contributed by atoms with Gasteiger partial charge in [0.1, 0.15) is 0 Å². The highest BCUT2D eigenvalue weighted by molar-refractivity contribution is 5.33. The van der Waals surface area contributed by atoms with E-state index in [9.17, 15) is 0 Å². The summed E-state index contributed by atoms with van der Waals surface area (Å²) in [4.78, 5) is 0. The van der Waals surface area contributed by atoms with Crippen LogP contribution in [0.1, 0.15) is 67.9 Å². The zero-order valence-corrected chi connectivity index (χ0v) is 12.5. The van der Waals surface area contributed by atoms with Gasteiger partial charge in [-0.15, -0.1) is 0 Å². The van der Waals surface area contributed by atoms with Crippen LogP contribution in [0.3, 0.4) is 0 Å². The summed E-state index contributed by atoms with van der Waals surface area (Å²) in [6.07, 6.45) is 4.16. The third-order valence-electron chi connectivity index (χ3n) is 4.83. The van der Waals surface area contributed by atoms with Gasteiger partial charge in [0.05, 0.1) is 11.6 Å². The number of nitriles is 1. The quantitative estimate of drug-likeness (QED) is 0.663. The van der Waals surface area contributed by atoms with Gasteiger partial charge in [0.15, 0.2) is 0 Å². The predicted molar refractivity (Wildman–Crippen MR) is 86.9 cm³/mol. The highest BCUT2D eigenvalue weighted by atomic mass is 14.4. The molecule has 2 saturated carbocycles. The fourth-order valence-electron chi connectivity index (χ4n) is 3.70. The van der Waals surface area contributed by atoms with Crippen molar-refractivity contribution in [3.63, 3.8) is 0 Å². The molecule has 0 bridgehead atoms. The maximum atomic E-state index is 8.96. The summed E-state index contributed by atoms with van der Waals surface area (Å²) in [5.41, 5.74) is 1.19. The Morgan fingerprint density at radius 2 is 2.00 bits per heavy atom. The number of benzene rings is 1. The highest BCUT2D eigenvalue weighted by Crippen LogP contribution is 2.47. The molecular weight excluding hydrogens is 254 g/mol. The van der Waals surface area contributed by atoms with Gasteiger partial charge >= 0.3 is 0 Å². The number of rotatable bonds is 2. The van der Waals surface area contributed by atoms with Gasteiger partial charge in [0.2, 0.25) is 0 Å². The summed E-state index contributed by atoms with van der Waals surface area (Å²) in [6.45, 7) is 2.01. The molecule has 2 fully saturated rings. The van der Waals surface area contributed by atoms with Gasteiger partial charge in [-0.25, -0.2) is 0 Å². The third-order valence-corrected chi connectivity index (χ3v) is 4.83.